The van der Waals surface area contributed by atoms with E-state index in [9.17, 15) is 0 Å². The van der Waals surface area contributed by atoms with Crippen LogP contribution in [0, 0.1) is 6.92 Å². The smallest absolute Gasteiger partial charge is 0.212 e. The fourth-order valence-corrected chi connectivity index (χ4v) is 3.12. The van der Waals surface area contributed by atoms with Gasteiger partial charge < -0.3 is 12.4 Å². The number of benzene rings is 3. The molecular weight excluding hydrogens is 302 g/mol. The van der Waals surface area contributed by atoms with Crippen LogP contribution in [0.15, 0.2) is 72.9 Å². The number of fused-ring (bicyclic) bond motifs is 3. The molecule has 23 heavy (non-hydrogen) atoms. The highest BCUT2D eigenvalue weighted by Gasteiger charge is 2.11. The largest absolute Gasteiger partial charge is 1.00 e. The monoisotopic (exact) mass is 319 g/mol. The lowest BCUT2D eigenvalue weighted by atomic mass is 9.99. The van der Waals surface area contributed by atoms with E-state index in [2.05, 4.69) is 91.5 Å². The van der Waals surface area contributed by atoms with Crippen molar-refractivity contribution in [3.63, 3.8) is 0 Å². The van der Waals surface area contributed by atoms with Crippen LogP contribution in [0.3, 0.4) is 0 Å². The van der Waals surface area contributed by atoms with Gasteiger partial charge in [-0.15, -0.1) is 0 Å². The molecule has 1 heterocycles. The molecule has 114 valence electrons. The Bertz CT molecular complexity index is 988. The molecule has 0 spiro atoms. The number of aryl methyl sites for hydroxylation is 2. The number of nitrogens with zero attached hydrogens (tertiary/aromatic N) is 1. The van der Waals surface area contributed by atoms with Crippen molar-refractivity contribution in [2.45, 2.75) is 6.92 Å². The van der Waals surface area contributed by atoms with Gasteiger partial charge in [-0.05, 0) is 36.2 Å². The molecule has 0 aliphatic heterocycles. The third-order valence-corrected chi connectivity index (χ3v) is 4.35. The van der Waals surface area contributed by atoms with E-state index in [1.807, 2.05) is 0 Å². The fraction of sp³-hybridized carbons (Fsp3) is 0.0952. The molecule has 0 aliphatic rings. The highest BCUT2D eigenvalue weighted by atomic mass is 35.5. The van der Waals surface area contributed by atoms with Crippen molar-refractivity contribution >= 4 is 21.7 Å². The first kappa shape index (κ1) is 15.5. The van der Waals surface area contributed by atoms with Gasteiger partial charge >= 0.3 is 0 Å². The average Bonchev–Trinajstić information content (AvgIpc) is 2.55. The first-order chi connectivity index (χ1) is 10.7. The van der Waals surface area contributed by atoms with Gasteiger partial charge in [0, 0.05) is 16.8 Å². The summed E-state index contributed by atoms with van der Waals surface area (Å²) in [6.45, 7) is 2.12. The maximum absolute atomic E-state index is 2.31. The zero-order valence-electron chi connectivity index (χ0n) is 13.3. The molecule has 0 aliphatic carbocycles. The standard InChI is InChI=1S/C21H18N.ClH/c1-15-7-9-16(10-8-15)17-11-12-21-20(13-17)19-6-4-3-5-18(19)14-22(21)2;/h3-14H,1-2H3;1H/q+1;/p-1. The maximum atomic E-state index is 2.31. The zero-order valence-corrected chi connectivity index (χ0v) is 14.0. The Balaban J connectivity index is 0.00000156. The first-order valence-corrected chi connectivity index (χ1v) is 7.60. The van der Waals surface area contributed by atoms with Gasteiger partial charge in [0.15, 0.2) is 6.20 Å². The molecule has 0 saturated heterocycles. The zero-order chi connectivity index (χ0) is 15.1. The number of aromatic nitrogens is 1. The molecule has 3 aromatic carbocycles. The number of hydrogen-bond donors (Lipinski definition) is 0. The first-order valence-electron chi connectivity index (χ1n) is 7.60. The molecule has 0 bridgehead atoms. The van der Waals surface area contributed by atoms with Crippen LogP contribution < -0.4 is 17.0 Å². The molecule has 0 amide bonds. The normalized spacial score (nSPS) is 10.7. The molecule has 4 aromatic rings. The molecule has 0 radical (unpaired) electrons. The number of halogens is 1. The highest BCUT2D eigenvalue weighted by molar-refractivity contribution is 6.05. The quantitative estimate of drug-likeness (QED) is 0.372. The van der Waals surface area contributed by atoms with Crippen LogP contribution in [0.2, 0.25) is 0 Å². The number of hydrogen-bond acceptors (Lipinski definition) is 0. The van der Waals surface area contributed by atoms with E-state index in [-0.39, 0.29) is 12.4 Å². The van der Waals surface area contributed by atoms with E-state index in [1.165, 1.54) is 38.4 Å². The molecule has 4 rings (SSSR count). The van der Waals surface area contributed by atoms with Gasteiger partial charge in [0.05, 0.1) is 5.39 Å². The summed E-state index contributed by atoms with van der Waals surface area (Å²) in [5, 5.41) is 3.89. The van der Waals surface area contributed by atoms with Crippen LogP contribution >= 0.6 is 0 Å². The van der Waals surface area contributed by atoms with Crippen LogP contribution in [0.4, 0.5) is 0 Å². The van der Waals surface area contributed by atoms with Gasteiger partial charge in [-0.3, -0.25) is 0 Å². The Hall–Kier alpha value is -2.38. The van der Waals surface area contributed by atoms with E-state index in [4.69, 9.17) is 0 Å². The molecule has 0 atom stereocenters. The second-order valence-corrected chi connectivity index (χ2v) is 5.93. The van der Waals surface area contributed by atoms with Crippen molar-refractivity contribution in [1.82, 2.24) is 0 Å². The lowest BCUT2D eigenvalue weighted by Crippen LogP contribution is -3.00. The molecule has 0 saturated carbocycles. The Morgan fingerprint density at radius 2 is 1.43 bits per heavy atom. The summed E-state index contributed by atoms with van der Waals surface area (Å²) in [4.78, 5) is 0. The van der Waals surface area contributed by atoms with Gasteiger partial charge in [0.1, 0.15) is 7.05 Å². The van der Waals surface area contributed by atoms with Crippen LogP contribution in [0.1, 0.15) is 5.56 Å². The van der Waals surface area contributed by atoms with E-state index in [1.54, 1.807) is 0 Å². The topological polar surface area (TPSA) is 3.88 Å². The lowest BCUT2D eigenvalue weighted by molar-refractivity contribution is -0.643. The second kappa shape index (κ2) is 6.02. The minimum atomic E-state index is 0. The van der Waals surface area contributed by atoms with Crippen LogP contribution in [-0.2, 0) is 7.05 Å². The molecule has 2 heteroatoms. The summed E-state index contributed by atoms with van der Waals surface area (Å²) >= 11 is 0. The predicted molar refractivity (Wildman–Crippen MR) is 92.8 cm³/mol. The second-order valence-electron chi connectivity index (χ2n) is 5.93. The van der Waals surface area contributed by atoms with Gasteiger partial charge in [-0.1, -0.05) is 48.0 Å². The summed E-state index contributed by atoms with van der Waals surface area (Å²) in [6.07, 6.45) is 2.20. The highest BCUT2D eigenvalue weighted by Crippen LogP contribution is 2.28. The summed E-state index contributed by atoms with van der Waals surface area (Å²) < 4.78 is 2.20. The molecule has 0 unspecified atom stereocenters. The van der Waals surface area contributed by atoms with Crippen molar-refractivity contribution in [2.75, 3.05) is 0 Å². The minimum absolute atomic E-state index is 0. The third-order valence-electron chi connectivity index (χ3n) is 4.35. The molecule has 0 fully saturated rings. The lowest BCUT2D eigenvalue weighted by Gasteiger charge is -2.06. The predicted octanol–water partition coefficient (Wildman–Crippen LogP) is 1.80. The minimum Gasteiger partial charge on any atom is -1.00 e. The van der Waals surface area contributed by atoms with Crippen LogP contribution in [0.5, 0.6) is 0 Å². The average molecular weight is 320 g/mol. The molecular formula is C21H18ClN. The summed E-state index contributed by atoms with van der Waals surface area (Å²) in [6, 6.07) is 24.1. The number of rotatable bonds is 1. The van der Waals surface area contributed by atoms with E-state index >= 15 is 0 Å². The fourth-order valence-electron chi connectivity index (χ4n) is 3.12. The maximum Gasteiger partial charge on any atom is 0.212 e. The summed E-state index contributed by atoms with van der Waals surface area (Å²) in [7, 11) is 2.11. The summed E-state index contributed by atoms with van der Waals surface area (Å²) in [5.74, 6) is 0. The van der Waals surface area contributed by atoms with Gasteiger partial charge in [0.2, 0.25) is 5.52 Å². The molecule has 1 nitrogen and oxygen atoms in total. The van der Waals surface area contributed by atoms with E-state index < -0.39 is 0 Å². The Labute approximate surface area is 142 Å². The van der Waals surface area contributed by atoms with Gasteiger partial charge in [-0.25, -0.2) is 4.57 Å². The van der Waals surface area contributed by atoms with Crippen molar-refractivity contribution in [3.8, 4) is 11.1 Å². The van der Waals surface area contributed by atoms with Crippen LogP contribution in [-0.4, -0.2) is 0 Å². The Morgan fingerprint density at radius 1 is 0.739 bits per heavy atom. The Morgan fingerprint density at radius 3 is 2.22 bits per heavy atom. The molecule has 1 aromatic heterocycles. The van der Waals surface area contributed by atoms with Crippen molar-refractivity contribution in [2.24, 2.45) is 7.05 Å². The van der Waals surface area contributed by atoms with E-state index in [0.29, 0.717) is 0 Å². The van der Waals surface area contributed by atoms with Gasteiger partial charge in [-0.2, -0.15) is 0 Å². The van der Waals surface area contributed by atoms with Crippen LogP contribution in [0.25, 0.3) is 32.8 Å². The van der Waals surface area contributed by atoms with Crippen molar-refractivity contribution in [1.29, 1.82) is 0 Å². The summed E-state index contributed by atoms with van der Waals surface area (Å²) in [5.41, 5.74) is 5.09. The Kier molecular flexibility index (Phi) is 4.06. The van der Waals surface area contributed by atoms with E-state index in [0.717, 1.165) is 0 Å². The van der Waals surface area contributed by atoms with Crippen molar-refractivity contribution < 1.29 is 17.0 Å². The van der Waals surface area contributed by atoms with Gasteiger partial charge in [0.25, 0.3) is 0 Å². The van der Waals surface area contributed by atoms with Crippen molar-refractivity contribution in [3.05, 3.63) is 78.5 Å². The number of pyridine rings is 1. The molecule has 0 N–H and O–H groups in total. The third kappa shape index (κ3) is 2.69. The SMILES string of the molecule is Cc1ccc(-c2ccc3c(c2)c2ccccc2c[n+]3C)cc1.[Cl-].